The summed E-state index contributed by atoms with van der Waals surface area (Å²) >= 11 is 11.7. The quantitative estimate of drug-likeness (QED) is 0.742. The Bertz CT molecular complexity index is 846. The van der Waals surface area contributed by atoms with E-state index in [0.717, 1.165) is 0 Å². The van der Waals surface area contributed by atoms with Crippen LogP contribution in [-0.4, -0.2) is 37.4 Å². The first-order chi connectivity index (χ1) is 12.8. The first-order valence-electron chi connectivity index (χ1n) is 8.11. The highest BCUT2D eigenvalue weighted by atomic mass is 35.5. The third-order valence-corrected chi connectivity index (χ3v) is 4.59. The predicted molar refractivity (Wildman–Crippen MR) is 104 cm³/mol. The number of anilines is 1. The molecule has 1 N–H and O–H groups in total. The maximum absolute atomic E-state index is 13.7. The van der Waals surface area contributed by atoms with Crippen LogP contribution >= 0.6 is 23.2 Å². The molecule has 2 rings (SSSR count). The number of carbonyl (C=O) groups excluding carboxylic acids is 2. The van der Waals surface area contributed by atoms with Gasteiger partial charge in [0.05, 0.1) is 23.7 Å². The van der Waals surface area contributed by atoms with E-state index in [1.165, 1.54) is 37.3 Å². The van der Waals surface area contributed by atoms with Gasteiger partial charge in [0.15, 0.2) is 11.6 Å². The molecule has 27 heavy (non-hydrogen) atoms. The lowest BCUT2D eigenvalue weighted by atomic mass is 10.1. The van der Waals surface area contributed by atoms with Crippen molar-refractivity contribution in [2.45, 2.75) is 12.8 Å². The number of hydrogen-bond acceptors (Lipinski definition) is 3. The smallest absolute Gasteiger partial charge is 0.243 e. The van der Waals surface area contributed by atoms with Crippen molar-refractivity contribution >= 4 is 40.7 Å². The second-order valence-corrected chi connectivity index (χ2v) is 6.71. The molecule has 0 aliphatic carbocycles. The molecule has 0 radical (unpaired) electrons. The van der Waals surface area contributed by atoms with Crippen molar-refractivity contribution in [3.05, 3.63) is 57.8 Å². The molecule has 0 heterocycles. The Labute approximate surface area is 167 Å². The normalized spacial score (nSPS) is 10.4. The largest absolute Gasteiger partial charge is 0.494 e. The summed E-state index contributed by atoms with van der Waals surface area (Å²) in [4.78, 5) is 25.6. The molecule has 2 aromatic carbocycles. The lowest BCUT2D eigenvalue weighted by Gasteiger charge is -2.17. The van der Waals surface area contributed by atoms with E-state index in [2.05, 4.69) is 5.32 Å². The van der Waals surface area contributed by atoms with Crippen molar-refractivity contribution in [1.82, 2.24) is 4.90 Å². The van der Waals surface area contributed by atoms with Gasteiger partial charge in [-0.15, -0.1) is 0 Å². The van der Waals surface area contributed by atoms with Crippen LogP contribution in [0, 0.1) is 5.82 Å². The molecule has 0 aliphatic heterocycles. The zero-order valence-electron chi connectivity index (χ0n) is 14.9. The zero-order chi connectivity index (χ0) is 20.0. The van der Waals surface area contributed by atoms with Crippen molar-refractivity contribution in [2.24, 2.45) is 0 Å². The number of carbonyl (C=O) groups is 2. The van der Waals surface area contributed by atoms with Crippen molar-refractivity contribution in [1.29, 1.82) is 0 Å². The van der Waals surface area contributed by atoms with Crippen molar-refractivity contribution in [3.8, 4) is 5.75 Å². The van der Waals surface area contributed by atoms with Crippen LogP contribution in [0.3, 0.4) is 0 Å². The van der Waals surface area contributed by atoms with E-state index in [-0.39, 0.29) is 30.5 Å². The summed E-state index contributed by atoms with van der Waals surface area (Å²) in [5.41, 5.74) is 1.17. The molecule has 5 nitrogen and oxygen atoms in total. The maximum Gasteiger partial charge on any atom is 0.243 e. The molecule has 0 saturated carbocycles. The van der Waals surface area contributed by atoms with Crippen LogP contribution in [0.25, 0.3) is 0 Å². The van der Waals surface area contributed by atoms with Gasteiger partial charge in [0.2, 0.25) is 11.8 Å². The Morgan fingerprint density at radius 3 is 2.52 bits per heavy atom. The van der Waals surface area contributed by atoms with Gasteiger partial charge < -0.3 is 15.0 Å². The predicted octanol–water partition coefficient (Wildman–Crippen LogP) is 4.17. The number of nitrogens with zero attached hydrogens (tertiary/aromatic N) is 1. The average molecular weight is 413 g/mol. The van der Waals surface area contributed by atoms with Gasteiger partial charge in [0.1, 0.15) is 0 Å². The number of aryl methyl sites for hydroxylation is 1. The summed E-state index contributed by atoms with van der Waals surface area (Å²) < 4.78 is 18.5. The Kier molecular flexibility index (Phi) is 7.45. The molecule has 0 fully saturated rings. The van der Waals surface area contributed by atoms with Crippen LogP contribution in [0.15, 0.2) is 36.4 Å². The number of rotatable bonds is 7. The van der Waals surface area contributed by atoms with E-state index in [9.17, 15) is 14.0 Å². The van der Waals surface area contributed by atoms with E-state index in [4.69, 9.17) is 27.9 Å². The average Bonchev–Trinajstić information content (AvgIpc) is 2.62. The molecule has 0 aromatic heterocycles. The van der Waals surface area contributed by atoms with Crippen LogP contribution in [0.4, 0.5) is 10.1 Å². The van der Waals surface area contributed by atoms with E-state index < -0.39 is 5.82 Å². The summed E-state index contributed by atoms with van der Waals surface area (Å²) in [6.07, 6.45) is 0.515. The molecule has 2 amide bonds. The molecule has 0 spiro atoms. The van der Waals surface area contributed by atoms with Crippen molar-refractivity contribution in [2.75, 3.05) is 26.0 Å². The first-order valence-corrected chi connectivity index (χ1v) is 8.87. The molecule has 144 valence electrons. The van der Waals surface area contributed by atoms with Gasteiger partial charge >= 0.3 is 0 Å². The van der Waals surface area contributed by atoms with Gasteiger partial charge in [-0.25, -0.2) is 4.39 Å². The number of amides is 2. The highest BCUT2D eigenvalue weighted by molar-refractivity contribution is 6.42. The van der Waals surface area contributed by atoms with E-state index >= 15 is 0 Å². The van der Waals surface area contributed by atoms with Crippen molar-refractivity contribution < 1.29 is 18.7 Å². The summed E-state index contributed by atoms with van der Waals surface area (Å²) in [7, 11) is 2.92. The fourth-order valence-electron chi connectivity index (χ4n) is 2.39. The Balaban J connectivity index is 1.84. The van der Waals surface area contributed by atoms with Gasteiger partial charge in [0.25, 0.3) is 0 Å². The summed E-state index contributed by atoms with van der Waals surface area (Å²) in [6.45, 7) is -0.115. The second kappa shape index (κ2) is 9.58. The van der Waals surface area contributed by atoms with Crippen molar-refractivity contribution in [3.63, 3.8) is 0 Å². The molecular weight excluding hydrogens is 394 g/mol. The van der Waals surface area contributed by atoms with E-state index in [0.29, 0.717) is 27.7 Å². The van der Waals surface area contributed by atoms with Crippen LogP contribution in [0.1, 0.15) is 12.0 Å². The summed E-state index contributed by atoms with van der Waals surface area (Å²) in [5.74, 6) is -0.909. The molecule has 0 saturated heterocycles. The van der Waals surface area contributed by atoms with Crippen LogP contribution in [-0.2, 0) is 16.0 Å². The standard InChI is InChI=1S/C19H19Cl2FN2O3/c1-24(11-18(25)23-13-5-6-14(20)15(21)10-13)19(26)8-4-12-3-7-17(27-2)16(22)9-12/h3,5-7,9-10H,4,8,11H2,1-2H3,(H,23,25). The second-order valence-electron chi connectivity index (χ2n) is 5.90. The van der Waals surface area contributed by atoms with Gasteiger partial charge in [-0.2, -0.15) is 0 Å². The molecule has 0 unspecified atom stereocenters. The Morgan fingerprint density at radius 2 is 1.89 bits per heavy atom. The highest BCUT2D eigenvalue weighted by Gasteiger charge is 2.14. The van der Waals surface area contributed by atoms with Gasteiger partial charge in [0, 0.05) is 19.2 Å². The minimum absolute atomic E-state index is 0.115. The first kappa shape index (κ1) is 21.0. The molecule has 8 heteroatoms. The number of ether oxygens (including phenoxy) is 1. The van der Waals surface area contributed by atoms with Gasteiger partial charge in [-0.05, 0) is 42.3 Å². The van der Waals surface area contributed by atoms with Crippen LogP contribution in [0.5, 0.6) is 5.75 Å². The number of hydrogen-bond donors (Lipinski definition) is 1. The van der Waals surface area contributed by atoms with Gasteiger partial charge in [-0.3, -0.25) is 9.59 Å². The monoisotopic (exact) mass is 412 g/mol. The minimum Gasteiger partial charge on any atom is -0.494 e. The minimum atomic E-state index is -0.475. The maximum atomic E-state index is 13.7. The molecule has 0 aliphatic rings. The molecule has 0 atom stereocenters. The summed E-state index contributed by atoms with van der Waals surface area (Å²) in [6, 6.07) is 9.27. The number of halogens is 3. The topological polar surface area (TPSA) is 58.6 Å². The number of likely N-dealkylation sites (N-methyl/N-ethyl adjacent to an activating group) is 1. The number of methoxy groups -OCH3 is 1. The SMILES string of the molecule is COc1ccc(CCC(=O)N(C)CC(=O)Nc2ccc(Cl)c(Cl)c2)cc1F. The van der Waals surface area contributed by atoms with Crippen LogP contribution in [0.2, 0.25) is 10.0 Å². The Hall–Kier alpha value is -2.31. The molecule has 0 bridgehead atoms. The van der Waals surface area contributed by atoms with Gasteiger partial charge in [-0.1, -0.05) is 29.3 Å². The number of nitrogens with one attached hydrogen (secondary N) is 1. The van der Waals surface area contributed by atoms with Crippen LogP contribution < -0.4 is 10.1 Å². The highest BCUT2D eigenvalue weighted by Crippen LogP contribution is 2.25. The molecule has 2 aromatic rings. The third-order valence-electron chi connectivity index (χ3n) is 3.85. The molecular formula is C19H19Cl2FN2O3. The van der Waals surface area contributed by atoms with E-state index in [1.54, 1.807) is 18.2 Å². The Morgan fingerprint density at radius 1 is 1.15 bits per heavy atom. The zero-order valence-corrected chi connectivity index (χ0v) is 16.4. The number of benzene rings is 2. The fourth-order valence-corrected chi connectivity index (χ4v) is 2.68. The summed E-state index contributed by atoms with van der Waals surface area (Å²) in [5, 5.41) is 3.36. The lowest BCUT2D eigenvalue weighted by Crippen LogP contribution is -2.35. The third kappa shape index (κ3) is 6.12. The fraction of sp³-hybridized carbons (Fsp3) is 0.263. The van der Waals surface area contributed by atoms with E-state index in [1.807, 2.05) is 0 Å². The lowest BCUT2D eigenvalue weighted by molar-refractivity contribution is -0.133.